The number of hydrogen-bond acceptors (Lipinski definition) is 1. The quantitative estimate of drug-likeness (QED) is 0.634. The van der Waals surface area contributed by atoms with E-state index in [4.69, 9.17) is 5.11 Å². The summed E-state index contributed by atoms with van der Waals surface area (Å²) in [6.07, 6.45) is 0. The number of benzene rings is 1. The molecule has 0 spiro atoms. The molecule has 1 aromatic carbocycles. The number of rotatable bonds is 1. The molecule has 0 bridgehead atoms. The number of carboxylic acids is 1. The molecule has 0 fully saturated rings. The molecule has 2 nitrogen and oxygen atoms in total. The largest absolute Gasteiger partial charge is 0.478 e. The maximum Gasteiger partial charge on any atom is 0.336 e. The van der Waals surface area contributed by atoms with Crippen molar-refractivity contribution in [2.75, 3.05) is 0 Å². The van der Waals surface area contributed by atoms with Crippen LogP contribution in [0.15, 0.2) is 12.1 Å². The molecule has 0 atom stereocenters. The van der Waals surface area contributed by atoms with E-state index in [-0.39, 0.29) is 9.13 Å². The maximum absolute atomic E-state index is 12.7. The summed E-state index contributed by atoms with van der Waals surface area (Å²) in [5.74, 6) is -3.07. The van der Waals surface area contributed by atoms with Gasteiger partial charge in [-0.2, -0.15) is 0 Å². The van der Waals surface area contributed by atoms with E-state index >= 15 is 0 Å². The highest BCUT2D eigenvalue weighted by atomic mass is 127. The zero-order chi connectivity index (χ0) is 9.30. The Hall–Kier alpha value is -0.720. The lowest BCUT2D eigenvalue weighted by Gasteiger charge is -1.99. The van der Waals surface area contributed by atoms with Crippen molar-refractivity contribution >= 4 is 28.6 Å². The highest BCUT2D eigenvalue weighted by molar-refractivity contribution is 14.1. The molecule has 12 heavy (non-hydrogen) atoms. The van der Waals surface area contributed by atoms with Gasteiger partial charge in [-0.1, -0.05) is 0 Å². The van der Waals surface area contributed by atoms with E-state index < -0.39 is 17.6 Å². The smallest absolute Gasteiger partial charge is 0.336 e. The minimum Gasteiger partial charge on any atom is -0.478 e. The van der Waals surface area contributed by atoms with Gasteiger partial charge in [-0.15, -0.1) is 0 Å². The summed E-state index contributed by atoms with van der Waals surface area (Å²) in [5.41, 5.74) is -0.354. The first kappa shape index (κ1) is 9.37. The summed E-state index contributed by atoms with van der Waals surface area (Å²) < 4.78 is 25.1. The number of hydrogen-bond donors (Lipinski definition) is 1. The van der Waals surface area contributed by atoms with Gasteiger partial charge in [0.05, 0.1) is 9.13 Å². The second kappa shape index (κ2) is 3.34. The summed E-state index contributed by atoms with van der Waals surface area (Å²) in [6, 6.07) is 1.43. The summed E-state index contributed by atoms with van der Waals surface area (Å²) in [7, 11) is 0. The van der Waals surface area contributed by atoms with Crippen LogP contribution in [0.2, 0.25) is 0 Å². The van der Waals surface area contributed by atoms with Gasteiger partial charge in [0.15, 0.2) is 0 Å². The van der Waals surface area contributed by atoms with Crippen LogP contribution in [0, 0.1) is 15.2 Å². The van der Waals surface area contributed by atoms with Crippen molar-refractivity contribution < 1.29 is 18.7 Å². The molecular weight excluding hydrogens is 281 g/mol. The number of aromatic carboxylic acids is 1. The molecule has 5 heteroatoms. The van der Waals surface area contributed by atoms with Gasteiger partial charge in [0.1, 0.15) is 11.6 Å². The second-order valence-corrected chi connectivity index (χ2v) is 3.13. The van der Waals surface area contributed by atoms with E-state index in [9.17, 15) is 13.6 Å². The standard InChI is InChI=1S/C7H3F2IO2/c8-3-1-4(7(11)12)6(10)5(9)2-3/h1-2H,(H,11,12). The highest BCUT2D eigenvalue weighted by Crippen LogP contribution is 2.17. The molecule has 0 saturated heterocycles. The van der Waals surface area contributed by atoms with Gasteiger partial charge in [0.2, 0.25) is 0 Å². The third kappa shape index (κ3) is 1.71. The Kier molecular flexibility index (Phi) is 2.61. The predicted molar refractivity (Wildman–Crippen MR) is 46.0 cm³/mol. The Bertz CT molecular complexity index is 338. The van der Waals surface area contributed by atoms with Crippen LogP contribution in [0.3, 0.4) is 0 Å². The number of carbonyl (C=O) groups is 1. The SMILES string of the molecule is O=C(O)c1cc(F)cc(F)c1I. The van der Waals surface area contributed by atoms with E-state index in [1.807, 2.05) is 0 Å². The van der Waals surface area contributed by atoms with Crippen LogP contribution in [-0.4, -0.2) is 11.1 Å². The average Bonchev–Trinajstić information content (AvgIpc) is 1.96. The lowest BCUT2D eigenvalue weighted by molar-refractivity contribution is 0.0694. The molecule has 1 N–H and O–H groups in total. The minimum absolute atomic E-state index is 0.0819. The number of carboxylic acid groups (broad SMARTS) is 1. The van der Waals surface area contributed by atoms with Crippen LogP contribution in [0.4, 0.5) is 8.78 Å². The monoisotopic (exact) mass is 284 g/mol. The molecule has 0 aliphatic heterocycles. The third-order valence-corrected chi connectivity index (χ3v) is 2.32. The van der Waals surface area contributed by atoms with Crippen molar-refractivity contribution in [2.45, 2.75) is 0 Å². The minimum atomic E-state index is -1.34. The molecular formula is C7H3F2IO2. The third-order valence-electron chi connectivity index (χ3n) is 1.22. The van der Waals surface area contributed by atoms with Crippen LogP contribution in [0.5, 0.6) is 0 Å². The van der Waals surface area contributed by atoms with Gasteiger partial charge in [-0.05, 0) is 28.7 Å². The lowest BCUT2D eigenvalue weighted by Crippen LogP contribution is -2.02. The van der Waals surface area contributed by atoms with Gasteiger partial charge in [0.25, 0.3) is 0 Å². The Morgan fingerprint density at radius 3 is 2.50 bits per heavy atom. The van der Waals surface area contributed by atoms with E-state index in [1.54, 1.807) is 0 Å². The van der Waals surface area contributed by atoms with E-state index in [2.05, 4.69) is 0 Å². The summed E-state index contributed by atoms with van der Waals surface area (Å²) >= 11 is 1.51. The van der Waals surface area contributed by atoms with Crippen LogP contribution in [0.1, 0.15) is 10.4 Å². The first-order chi connectivity index (χ1) is 5.52. The molecule has 64 valence electrons. The summed E-state index contributed by atoms with van der Waals surface area (Å²) in [4.78, 5) is 10.4. The van der Waals surface area contributed by atoms with Crippen LogP contribution in [-0.2, 0) is 0 Å². The first-order valence-corrected chi connectivity index (χ1v) is 3.98. The van der Waals surface area contributed by atoms with Gasteiger partial charge in [0, 0.05) is 6.07 Å². The second-order valence-electron chi connectivity index (χ2n) is 2.05. The normalized spacial score (nSPS) is 9.92. The van der Waals surface area contributed by atoms with Crippen molar-refractivity contribution in [3.05, 3.63) is 32.9 Å². The van der Waals surface area contributed by atoms with Crippen molar-refractivity contribution in [3.8, 4) is 0 Å². The lowest BCUT2D eigenvalue weighted by atomic mass is 10.2. The summed E-state index contributed by atoms with van der Waals surface area (Å²) in [6.45, 7) is 0. The summed E-state index contributed by atoms with van der Waals surface area (Å²) in [5, 5.41) is 8.48. The van der Waals surface area contributed by atoms with Gasteiger partial charge in [-0.25, -0.2) is 13.6 Å². The molecule has 0 amide bonds. The fraction of sp³-hybridized carbons (Fsp3) is 0. The topological polar surface area (TPSA) is 37.3 Å². The van der Waals surface area contributed by atoms with Gasteiger partial charge < -0.3 is 5.11 Å². The highest BCUT2D eigenvalue weighted by Gasteiger charge is 2.13. The van der Waals surface area contributed by atoms with E-state index in [0.717, 1.165) is 6.07 Å². The molecule has 1 rings (SSSR count). The zero-order valence-electron chi connectivity index (χ0n) is 5.64. The molecule has 0 saturated carbocycles. The first-order valence-electron chi connectivity index (χ1n) is 2.90. The van der Waals surface area contributed by atoms with Gasteiger partial charge >= 0.3 is 5.97 Å². The molecule has 0 aliphatic rings. The molecule has 1 aromatic rings. The van der Waals surface area contributed by atoms with Crippen molar-refractivity contribution in [1.82, 2.24) is 0 Å². The van der Waals surface area contributed by atoms with Crippen LogP contribution < -0.4 is 0 Å². The molecule has 0 aliphatic carbocycles. The molecule has 0 unspecified atom stereocenters. The fourth-order valence-electron chi connectivity index (χ4n) is 0.712. The van der Waals surface area contributed by atoms with E-state index in [0.29, 0.717) is 6.07 Å². The van der Waals surface area contributed by atoms with Crippen LogP contribution >= 0.6 is 22.6 Å². The fourth-order valence-corrected chi connectivity index (χ4v) is 1.25. The van der Waals surface area contributed by atoms with Crippen molar-refractivity contribution in [1.29, 1.82) is 0 Å². The molecule has 0 radical (unpaired) electrons. The predicted octanol–water partition coefficient (Wildman–Crippen LogP) is 2.27. The van der Waals surface area contributed by atoms with Gasteiger partial charge in [-0.3, -0.25) is 0 Å². The Morgan fingerprint density at radius 2 is 2.00 bits per heavy atom. The number of halogens is 3. The Balaban J connectivity index is 3.37. The van der Waals surface area contributed by atoms with Crippen LogP contribution in [0.25, 0.3) is 0 Å². The van der Waals surface area contributed by atoms with E-state index in [1.165, 1.54) is 22.6 Å². The maximum atomic E-state index is 12.7. The zero-order valence-corrected chi connectivity index (χ0v) is 7.80. The Labute approximate surface area is 80.3 Å². The average molecular weight is 284 g/mol. The van der Waals surface area contributed by atoms with Crippen molar-refractivity contribution in [2.24, 2.45) is 0 Å². The molecule has 0 aromatic heterocycles. The van der Waals surface area contributed by atoms with Crippen molar-refractivity contribution in [3.63, 3.8) is 0 Å². The Morgan fingerprint density at radius 1 is 1.42 bits per heavy atom. The molecule has 0 heterocycles.